The minimum Gasteiger partial charge on any atom is -0.478 e. The second-order valence-corrected chi connectivity index (χ2v) is 9.36. The molecule has 170 valence electrons. The highest BCUT2D eigenvalue weighted by Crippen LogP contribution is 2.47. The number of carbonyl (C=O) groups is 2. The number of rotatable bonds is 4. The number of hydrogen-bond acceptors (Lipinski definition) is 3. The molecule has 1 aromatic heterocycles. The Morgan fingerprint density at radius 1 is 0.970 bits per heavy atom. The molecule has 1 aliphatic heterocycles. The quantitative estimate of drug-likeness (QED) is 0.547. The van der Waals surface area contributed by atoms with Crippen LogP contribution in [0, 0.1) is 0 Å². The summed E-state index contributed by atoms with van der Waals surface area (Å²) in [6, 6.07) is 11.5. The van der Waals surface area contributed by atoms with E-state index in [1.807, 2.05) is 35.7 Å². The molecular formula is C27H28N2O4. The van der Waals surface area contributed by atoms with Crippen LogP contribution in [0.4, 0.5) is 5.69 Å². The van der Waals surface area contributed by atoms with E-state index in [-0.39, 0.29) is 12.1 Å². The van der Waals surface area contributed by atoms with Gasteiger partial charge in [-0.3, -0.25) is 0 Å². The van der Waals surface area contributed by atoms with Crippen molar-refractivity contribution >= 4 is 34.6 Å². The van der Waals surface area contributed by atoms with Crippen molar-refractivity contribution in [1.82, 2.24) is 4.57 Å². The maximum Gasteiger partial charge on any atom is 0.335 e. The van der Waals surface area contributed by atoms with E-state index in [9.17, 15) is 19.8 Å². The van der Waals surface area contributed by atoms with E-state index in [1.165, 1.54) is 24.8 Å². The number of anilines is 1. The number of aromatic nitrogens is 1. The highest BCUT2D eigenvalue weighted by atomic mass is 16.4. The Kier molecular flexibility index (Phi) is 5.23. The molecule has 0 saturated heterocycles. The molecule has 5 rings (SSSR count). The number of carboxylic acids is 2. The summed E-state index contributed by atoms with van der Waals surface area (Å²) in [6.07, 6.45) is 7.55. The molecule has 2 heterocycles. The van der Waals surface area contributed by atoms with Crippen molar-refractivity contribution in [2.45, 2.75) is 44.6 Å². The Morgan fingerprint density at radius 2 is 1.73 bits per heavy atom. The van der Waals surface area contributed by atoms with Crippen LogP contribution in [0.25, 0.3) is 28.2 Å². The first-order chi connectivity index (χ1) is 15.8. The molecule has 2 aromatic carbocycles. The van der Waals surface area contributed by atoms with E-state index < -0.39 is 11.9 Å². The summed E-state index contributed by atoms with van der Waals surface area (Å²) >= 11 is 0. The van der Waals surface area contributed by atoms with Crippen molar-refractivity contribution in [3.05, 3.63) is 58.7 Å². The first-order valence-electron chi connectivity index (χ1n) is 11.5. The molecule has 33 heavy (non-hydrogen) atoms. The van der Waals surface area contributed by atoms with Gasteiger partial charge in [0.1, 0.15) is 0 Å². The Labute approximate surface area is 192 Å². The molecule has 1 saturated carbocycles. The van der Waals surface area contributed by atoms with Gasteiger partial charge >= 0.3 is 11.9 Å². The Hall–Kier alpha value is -3.54. The molecule has 2 aliphatic rings. The molecule has 0 radical (unpaired) electrons. The second kappa shape index (κ2) is 8.10. The molecule has 0 spiro atoms. The molecule has 0 unspecified atom stereocenters. The fraction of sp³-hybridized carbons (Fsp3) is 0.333. The summed E-state index contributed by atoms with van der Waals surface area (Å²) in [4.78, 5) is 25.9. The summed E-state index contributed by atoms with van der Waals surface area (Å²) in [6.45, 7) is 0.197. The van der Waals surface area contributed by atoms with Gasteiger partial charge in [-0.2, -0.15) is 0 Å². The van der Waals surface area contributed by atoms with E-state index in [4.69, 9.17) is 0 Å². The average molecular weight is 445 g/mol. The van der Waals surface area contributed by atoms with E-state index in [0.29, 0.717) is 11.5 Å². The minimum atomic E-state index is -0.981. The Morgan fingerprint density at radius 3 is 2.39 bits per heavy atom. The Balaban J connectivity index is 1.87. The van der Waals surface area contributed by atoms with Crippen molar-refractivity contribution in [2.75, 3.05) is 19.0 Å². The largest absolute Gasteiger partial charge is 0.478 e. The van der Waals surface area contributed by atoms with Gasteiger partial charge in [-0.05, 0) is 60.2 Å². The zero-order valence-electron chi connectivity index (χ0n) is 19.0. The fourth-order valence-corrected chi connectivity index (χ4v) is 5.46. The topological polar surface area (TPSA) is 82.8 Å². The van der Waals surface area contributed by atoms with Gasteiger partial charge in [-0.15, -0.1) is 0 Å². The lowest BCUT2D eigenvalue weighted by molar-refractivity contribution is -0.132. The van der Waals surface area contributed by atoms with Crippen LogP contribution in [0.2, 0.25) is 0 Å². The summed E-state index contributed by atoms with van der Waals surface area (Å²) in [5, 5.41) is 20.6. The number of nitrogens with zero attached hydrogens (tertiary/aromatic N) is 2. The fourth-order valence-electron chi connectivity index (χ4n) is 5.46. The number of fused-ring (bicyclic) bond motifs is 5. The van der Waals surface area contributed by atoms with E-state index in [1.54, 1.807) is 18.2 Å². The molecule has 6 heteroatoms. The number of aliphatic carboxylic acids is 1. The molecule has 6 nitrogen and oxygen atoms in total. The number of carboxylic acid groups (broad SMARTS) is 2. The van der Waals surface area contributed by atoms with E-state index >= 15 is 0 Å². The lowest BCUT2D eigenvalue weighted by Crippen LogP contribution is -2.10. The summed E-state index contributed by atoms with van der Waals surface area (Å²) in [5.41, 5.74) is 6.47. The molecule has 0 bridgehead atoms. The van der Waals surface area contributed by atoms with Gasteiger partial charge in [0.25, 0.3) is 0 Å². The van der Waals surface area contributed by atoms with Crippen LogP contribution in [0.3, 0.4) is 0 Å². The van der Waals surface area contributed by atoms with Crippen LogP contribution in [0.1, 0.15) is 59.5 Å². The van der Waals surface area contributed by atoms with Crippen molar-refractivity contribution in [3.8, 4) is 11.3 Å². The van der Waals surface area contributed by atoms with Crippen LogP contribution in [-0.2, 0) is 11.3 Å². The van der Waals surface area contributed by atoms with Crippen LogP contribution in [0.15, 0.2) is 42.0 Å². The highest BCUT2D eigenvalue weighted by Gasteiger charge is 2.30. The van der Waals surface area contributed by atoms with Gasteiger partial charge in [-0.25, -0.2) is 9.59 Å². The van der Waals surface area contributed by atoms with E-state index in [2.05, 4.69) is 12.1 Å². The summed E-state index contributed by atoms with van der Waals surface area (Å²) in [7, 11) is 3.94. The average Bonchev–Trinajstić information content (AvgIpc) is 3.01. The lowest BCUT2D eigenvalue weighted by Gasteiger charge is -2.24. The van der Waals surface area contributed by atoms with Gasteiger partial charge in [0.2, 0.25) is 0 Å². The zero-order chi connectivity index (χ0) is 23.3. The maximum atomic E-state index is 12.2. The van der Waals surface area contributed by atoms with Crippen molar-refractivity contribution < 1.29 is 19.8 Å². The lowest BCUT2D eigenvalue weighted by atomic mass is 9.81. The van der Waals surface area contributed by atoms with Gasteiger partial charge < -0.3 is 19.7 Å². The third-order valence-electron chi connectivity index (χ3n) is 7.10. The van der Waals surface area contributed by atoms with Crippen molar-refractivity contribution in [1.29, 1.82) is 0 Å². The van der Waals surface area contributed by atoms with Crippen molar-refractivity contribution in [2.24, 2.45) is 0 Å². The minimum absolute atomic E-state index is 0.197. The van der Waals surface area contributed by atoms with Gasteiger partial charge in [0, 0.05) is 36.2 Å². The van der Waals surface area contributed by atoms with Crippen LogP contribution in [0.5, 0.6) is 0 Å². The monoisotopic (exact) mass is 444 g/mol. The van der Waals surface area contributed by atoms with Crippen LogP contribution >= 0.6 is 0 Å². The zero-order valence-corrected chi connectivity index (χ0v) is 19.0. The maximum absolute atomic E-state index is 12.2. The number of hydrogen-bond donors (Lipinski definition) is 2. The van der Waals surface area contributed by atoms with Gasteiger partial charge in [-0.1, -0.05) is 31.4 Å². The molecular weight excluding hydrogens is 416 g/mol. The normalized spacial score (nSPS) is 16.0. The number of benzene rings is 2. The van der Waals surface area contributed by atoms with Gasteiger partial charge in [0.05, 0.1) is 23.4 Å². The van der Waals surface area contributed by atoms with Crippen molar-refractivity contribution in [3.63, 3.8) is 0 Å². The first-order valence-corrected chi connectivity index (χ1v) is 11.5. The molecule has 2 N–H and O–H groups in total. The third kappa shape index (κ3) is 3.59. The SMILES string of the molecule is CN(C)c1ccc2c(c1)C=C(C(=O)O)Cn1c-2c(C2CCCCC2)c2ccc(C(=O)O)cc21. The number of aromatic carboxylic acids is 1. The summed E-state index contributed by atoms with van der Waals surface area (Å²) in [5.74, 6) is -1.56. The highest BCUT2D eigenvalue weighted by molar-refractivity contribution is 6.02. The molecule has 3 aromatic rings. The second-order valence-electron chi connectivity index (χ2n) is 9.36. The van der Waals surface area contributed by atoms with Gasteiger partial charge in [0.15, 0.2) is 0 Å². The van der Waals surface area contributed by atoms with Crippen LogP contribution < -0.4 is 4.90 Å². The van der Waals surface area contributed by atoms with E-state index in [0.717, 1.165) is 46.3 Å². The Bertz CT molecular complexity index is 1310. The third-order valence-corrected chi connectivity index (χ3v) is 7.10. The summed E-state index contributed by atoms with van der Waals surface area (Å²) < 4.78 is 2.03. The van der Waals surface area contributed by atoms with Crippen LogP contribution in [-0.4, -0.2) is 40.8 Å². The standard InChI is InChI=1S/C27H28N2O4/c1-28(2)20-9-11-21-18(13-20)12-19(27(32)33)15-29-23-14-17(26(30)31)8-10-22(23)24(25(21)29)16-6-4-3-5-7-16/h8-14,16H,3-7,15H2,1-2H3,(H,30,31)(H,32,33). The molecule has 1 aliphatic carbocycles. The molecule has 0 atom stereocenters. The molecule has 1 fully saturated rings. The smallest absolute Gasteiger partial charge is 0.335 e. The molecule has 0 amide bonds. The predicted molar refractivity (Wildman–Crippen MR) is 130 cm³/mol. The predicted octanol–water partition coefficient (Wildman–Crippen LogP) is 5.60. The first kappa shape index (κ1) is 21.3.